The van der Waals surface area contributed by atoms with Crippen LogP contribution in [0.5, 0.6) is 0 Å². The summed E-state index contributed by atoms with van der Waals surface area (Å²) in [5.74, 6) is 5.06. The van der Waals surface area contributed by atoms with E-state index < -0.39 is 10.5 Å². The molecule has 166 valence electrons. The molecule has 0 aliphatic carbocycles. The monoisotopic (exact) mass is 480 g/mol. The molecule has 0 radical (unpaired) electrons. The first-order valence-corrected chi connectivity index (χ1v) is 9.97. The van der Waals surface area contributed by atoms with Gasteiger partial charge in [0.2, 0.25) is 0 Å². The van der Waals surface area contributed by atoms with E-state index in [-0.39, 0.29) is 17.9 Å². The van der Waals surface area contributed by atoms with Gasteiger partial charge < -0.3 is 0 Å². The van der Waals surface area contributed by atoms with Gasteiger partial charge in [0.05, 0.1) is 0 Å². The Labute approximate surface area is 200 Å². The average Bonchev–Trinajstić information content (AvgIpc) is 2.75. The molecule has 3 aromatic rings. The molecule has 31 heavy (non-hydrogen) atoms. The normalized spacial score (nSPS) is 9.74. The minimum atomic E-state index is -0.422. The summed E-state index contributed by atoms with van der Waals surface area (Å²) in [5, 5.41) is -0.829. The van der Waals surface area contributed by atoms with Gasteiger partial charge in [-0.2, -0.15) is 0 Å². The molecule has 0 saturated carbocycles. The summed E-state index contributed by atoms with van der Waals surface area (Å²) in [6, 6.07) is 26.0. The maximum Gasteiger partial charge on any atom is 0.252 e. The summed E-state index contributed by atoms with van der Waals surface area (Å²) in [6.07, 6.45) is 0. The van der Waals surface area contributed by atoms with Crippen LogP contribution in [-0.4, -0.2) is 16.0 Å². The molecule has 3 N–H and O–H groups in total. The van der Waals surface area contributed by atoms with Gasteiger partial charge in [-0.1, -0.05) is 72.8 Å². The van der Waals surface area contributed by atoms with Crippen molar-refractivity contribution in [3.63, 3.8) is 0 Å². The van der Waals surface area contributed by atoms with Crippen molar-refractivity contribution in [2.75, 3.05) is 0 Å². The highest BCUT2D eigenvalue weighted by atomic mass is 35.5. The second kappa shape index (κ2) is 14.7. The Morgan fingerprint density at radius 3 is 1.32 bits per heavy atom. The van der Waals surface area contributed by atoms with E-state index in [4.69, 9.17) is 29.0 Å². The molecule has 0 unspecified atom stereocenters. The van der Waals surface area contributed by atoms with Gasteiger partial charge in [-0.15, -0.1) is 12.4 Å². The molecule has 0 aliphatic heterocycles. The fourth-order valence-corrected chi connectivity index (χ4v) is 2.25. The molecule has 0 spiro atoms. The lowest BCUT2D eigenvalue weighted by Crippen LogP contribution is -2.41. The second-order valence-electron chi connectivity index (χ2n) is 7.25. The van der Waals surface area contributed by atoms with Crippen molar-refractivity contribution in [3.8, 4) is 11.1 Å². The Hall–Kier alpha value is -2.21. The molecule has 0 heterocycles. The van der Waals surface area contributed by atoms with Crippen LogP contribution in [0.3, 0.4) is 0 Å². The van der Waals surface area contributed by atoms with Crippen molar-refractivity contribution in [2.24, 2.45) is 5.84 Å². The third-order valence-electron chi connectivity index (χ3n) is 3.65. The number of hydrazine groups is 1. The van der Waals surface area contributed by atoms with E-state index in [0.29, 0.717) is 11.1 Å². The van der Waals surface area contributed by atoms with Gasteiger partial charge in [-0.05, 0) is 67.2 Å². The number of halogens is 3. The molecule has 0 saturated heterocycles. The smallest absolute Gasteiger partial charge is 0.252 e. The number of hydrogen-bond donors (Lipinski definition) is 2. The molecule has 3 aromatic carbocycles. The zero-order valence-corrected chi connectivity index (χ0v) is 20.0. The van der Waals surface area contributed by atoms with Gasteiger partial charge >= 0.3 is 0 Å². The SMILES string of the molecule is CC(C)(C)NN.Cl.O=C(Cl)c1ccc(-c2ccccc2)cc1.O=C(Cl)c1ccccc1. The quantitative estimate of drug-likeness (QED) is 0.255. The molecule has 3 rings (SSSR count). The topological polar surface area (TPSA) is 72.2 Å². The Balaban J connectivity index is 0.000000483. The summed E-state index contributed by atoms with van der Waals surface area (Å²) < 4.78 is 0. The molecule has 0 atom stereocenters. The maximum atomic E-state index is 10.9. The number of benzene rings is 3. The molecule has 4 nitrogen and oxygen atoms in total. The zero-order chi connectivity index (χ0) is 22.6. The predicted octanol–water partition coefficient (Wildman–Crippen LogP) is 6.47. The maximum absolute atomic E-state index is 10.9. The first kappa shape index (κ1) is 28.8. The lowest BCUT2D eigenvalue weighted by atomic mass is 10.0. The Morgan fingerprint density at radius 2 is 1.00 bits per heavy atom. The first-order valence-electron chi connectivity index (χ1n) is 9.22. The minimum Gasteiger partial charge on any atom is -0.276 e. The van der Waals surface area contributed by atoms with Crippen LogP contribution in [0.2, 0.25) is 0 Å². The van der Waals surface area contributed by atoms with Crippen molar-refractivity contribution in [1.82, 2.24) is 5.43 Å². The van der Waals surface area contributed by atoms with Crippen LogP contribution in [0.1, 0.15) is 41.5 Å². The van der Waals surface area contributed by atoms with Crippen LogP contribution in [0.4, 0.5) is 0 Å². The predicted molar refractivity (Wildman–Crippen MR) is 133 cm³/mol. The van der Waals surface area contributed by atoms with Crippen LogP contribution < -0.4 is 11.3 Å². The fraction of sp³-hybridized carbons (Fsp3) is 0.167. The van der Waals surface area contributed by atoms with Crippen LogP contribution in [0, 0.1) is 0 Å². The number of carbonyl (C=O) groups is 2. The number of hydrogen-bond acceptors (Lipinski definition) is 4. The number of carbonyl (C=O) groups excluding carboxylic acids is 2. The van der Waals surface area contributed by atoms with E-state index in [1.165, 1.54) is 0 Å². The summed E-state index contributed by atoms with van der Waals surface area (Å²) in [6.45, 7) is 6.02. The van der Waals surface area contributed by atoms with Crippen LogP contribution in [0.15, 0.2) is 84.9 Å². The summed E-state index contributed by atoms with van der Waals surface area (Å²) in [4.78, 5) is 21.3. The highest BCUT2D eigenvalue weighted by molar-refractivity contribution is 6.68. The van der Waals surface area contributed by atoms with Gasteiger partial charge in [0, 0.05) is 16.7 Å². The van der Waals surface area contributed by atoms with Crippen molar-refractivity contribution >= 4 is 46.1 Å². The molecular weight excluding hydrogens is 455 g/mol. The van der Waals surface area contributed by atoms with Crippen molar-refractivity contribution in [3.05, 3.63) is 96.1 Å². The Bertz CT molecular complexity index is 911. The van der Waals surface area contributed by atoms with E-state index in [1.807, 2.05) is 69.3 Å². The molecular formula is C24H27Cl3N2O2. The third-order valence-corrected chi connectivity index (χ3v) is 4.09. The first-order chi connectivity index (χ1) is 14.1. The van der Waals surface area contributed by atoms with E-state index in [2.05, 4.69) is 5.43 Å². The van der Waals surface area contributed by atoms with Gasteiger partial charge in [-0.3, -0.25) is 20.9 Å². The largest absolute Gasteiger partial charge is 0.276 e. The van der Waals surface area contributed by atoms with Crippen molar-refractivity contribution < 1.29 is 9.59 Å². The molecule has 7 heteroatoms. The summed E-state index contributed by atoms with van der Waals surface area (Å²) in [7, 11) is 0. The average molecular weight is 482 g/mol. The lowest BCUT2D eigenvalue weighted by molar-refractivity contribution is 0.107. The van der Waals surface area contributed by atoms with E-state index in [9.17, 15) is 9.59 Å². The molecule has 0 fully saturated rings. The van der Waals surface area contributed by atoms with Crippen LogP contribution >= 0.6 is 35.6 Å². The van der Waals surface area contributed by atoms with Crippen LogP contribution in [-0.2, 0) is 0 Å². The molecule has 0 aromatic heterocycles. The van der Waals surface area contributed by atoms with Crippen LogP contribution in [0.25, 0.3) is 11.1 Å². The second-order valence-corrected chi connectivity index (χ2v) is 7.94. The zero-order valence-electron chi connectivity index (χ0n) is 17.6. The Morgan fingerprint density at radius 1 is 0.677 bits per heavy atom. The Kier molecular flexibility index (Phi) is 13.7. The van der Waals surface area contributed by atoms with Crippen molar-refractivity contribution in [1.29, 1.82) is 0 Å². The van der Waals surface area contributed by atoms with E-state index >= 15 is 0 Å². The third kappa shape index (κ3) is 12.3. The van der Waals surface area contributed by atoms with Gasteiger partial charge in [-0.25, -0.2) is 0 Å². The minimum absolute atomic E-state index is 0. The fourth-order valence-electron chi connectivity index (χ4n) is 1.99. The standard InChI is InChI=1S/C13H9ClO.C7H5ClO.C4H12N2.ClH/c14-13(15)12-8-6-11(7-9-12)10-4-2-1-3-5-10;8-7(9)6-4-2-1-3-5-6;1-4(2,3)6-5;/h1-9H;1-5H;6H,5H2,1-3H3;1H. The van der Waals surface area contributed by atoms with Gasteiger partial charge in [0.1, 0.15) is 0 Å². The summed E-state index contributed by atoms with van der Waals surface area (Å²) in [5.41, 5.74) is 5.95. The number of nitrogens with one attached hydrogen (secondary N) is 1. The highest BCUT2D eigenvalue weighted by Gasteiger charge is 2.03. The highest BCUT2D eigenvalue weighted by Crippen LogP contribution is 2.19. The van der Waals surface area contributed by atoms with E-state index in [1.54, 1.807) is 36.4 Å². The van der Waals surface area contributed by atoms with Gasteiger partial charge in [0.15, 0.2) is 0 Å². The van der Waals surface area contributed by atoms with Crippen molar-refractivity contribution in [2.45, 2.75) is 26.3 Å². The summed E-state index contributed by atoms with van der Waals surface area (Å²) >= 11 is 10.5. The lowest BCUT2D eigenvalue weighted by Gasteiger charge is -2.14. The number of rotatable bonds is 3. The molecule has 0 aliphatic rings. The van der Waals surface area contributed by atoms with E-state index in [0.717, 1.165) is 11.1 Å². The van der Waals surface area contributed by atoms with Gasteiger partial charge in [0.25, 0.3) is 10.5 Å². The number of nitrogens with two attached hydrogens (primary N) is 1. The molecule has 0 amide bonds. The molecule has 0 bridgehead atoms.